The smallest absolute Gasteiger partial charge is 0.409 e. The molecule has 3 N–H and O–H groups in total. The lowest BCUT2D eigenvalue weighted by Gasteiger charge is -2.37. The molecule has 0 saturated heterocycles. The van der Waals surface area contributed by atoms with E-state index < -0.39 is 12.4 Å². The third kappa shape index (κ3) is 2.94. The number of nitrogens with zero attached hydrogens (tertiary/aromatic N) is 1. The summed E-state index contributed by atoms with van der Waals surface area (Å²) in [6, 6.07) is 7.75. The minimum atomic E-state index is -0.663. The first-order valence-electron chi connectivity index (χ1n) is 9.95. The minimum Gasteiger partial charge on any atom is -0.461 e. The molecule has 1 aromatic carbocycles. The van der Waals surface area contributed by atoms with Gasteiger partial charge in [-0.1, -0.05) is 19.1 Å². The quantitative estimate of drug-likeness (QED) is 0.736. The molecule has 5 rings (SSSR count). The van der Waals surface area contributed by atoms with Gasteiger partial charge in [-0.3, -0.25) is 4.79 Å². The number of amides is 2. The Morgan fingerprint density at radius 1 is 1.38 bits per heavy atom. The third-order valence-electron chi connectivity index (χ3n) is 6.76. The van der Waals surface area contributed by atoms with Crippen LogP contribution in [0, 0.1) is 23.2 Å². The maximum atomic E-state index is 12.9. The Bertz CT molecular complexity index is 982. The van der Waals surface area contributed by atoms with Crippen molar-refractivity contribution in [1.82, 2.24) is 20.6 Å². The Kier molecular flexibility index (Phi) is 4.04. The Morgan fingerprint density at radius 3 is 3.00 bits per heavy atom. The van der Waals surface area contributed by atoms with Crippen LogP contribution in [0.1, 0.15) is 25.6 Å². The molecule has 4 unspecified atom stereocenters. The highest BCUT2D eigenvalue weighted by atomic mass is 16.7. The van der Waals surface area contributed by atoms with E-state index in [4.69, 9.17) is 9.47 Å². The molecule has 0 radical (unpaired) electrons. The zero-order valence-corrected chi connectivity index (χ0v) is 16.4. The lowest BCUT2D eigenvalue weighted by molar-refractivity contribution is -0.138. The van der Waals surface area contributed by atoms with Crippen LogP contribution in [-0.2, 0) is 20.8 Å². The number of aromatic nitrogens is 2. The molecule has 2 saturated carbocycles. The van der Waals surface area contributed by atoms with E-state index in [1.807, 2.05) is 24.3 Å². The first-order chi connectivity index (χ1) is 14.0. The van der Waals surface area contributed by atoms with E-state index in [0.717, 1.165) is 23.9 Å². The molecule has 3 aliphatic rings. The van der Waals surface area contributed by atoms with Gasteiger partial charge in [-0.25, -0.2) is 9.78 Å². The number of para-hydroxylation sites is 2. The van der Waals surface area contributed by atoms with Gasteiger partial charge >= 0.3 is 6.09 Å². The predicted octanol–water partition coefficient (Wildman–Crippen LogP) is 2.44. The first kappa shape index (κ1) is 18.0. The number of hydrogen-bond acceptors (Lipinski definition) is 5. The number of alkyl carbamates (subject to hydrolysis) is 1. The summed E-state index contributed by atoms with van der Waals surface area (Å²) in [7, 11) is 1.52. The number of carbonyl (C=O) groups is 2. The maximum absolute atomic E-state index is 12.9. The van der Waals surface area contributed by atoms with Crippen molar-refractivity contribution in [2.75, 3.05) is 7.05 Å². The van der Waals surface area contributed by atoms with Gasteiger partial charge in [0.15, 0.2) is 0 Å². The fraction of sp³-hybridized carbons (Fsp3) is 0.476. The molecule has 29 heavy (non-hydrogen) atoms. The molecule has 2 aliphatic carbocycles. The molecule has 2 fully saturated rings. The predicted molar refractivity (Wildman–Crippen MR) is 104 cm³/mol. The van der Waals surface area contributed by atoms with E-state index in [1.165, 1.54) is 13.3 Å². The highest BCUT2D eigenvalue weighted by Crippen LogP contribution is 2.71. The normalized spacial score (nSPS) is 31.9. The van der Waals surface area contributed by atoms with Crippen molar-refractivity contribution in [1.29, 1.82) is 0 Å². The number of ether oxygens (including phenoxy) is 2. The molecule has 8 heteroatoms. The van der Waals surface area contributed by atoms with Crippen molar-refractivity contribution >= 4 is 23.0 Å². The van der Waals surface area contributed by atoms with Crippen molar-refractivity contribution < 1.29 is 19.1 Å². The molecule has 2 heterocycles. The van der Waals surface area contributed by atoms with Gasteiger partial charge in [0, 0.05) is 18.9 Å². The topological polar surface area (TPSA) is 105 Å². The first-order valence-corrected chi connectivity index (χ1v) is 9.95. The molecule has 5 atom stereocenters. The molecule has 0 bridgehead atoms. The number of benzene rings is 1. The highest BCUT2D eigenvalue weighted by molar-refractivity contribution is 5.94. The van der Waals surface area contributed by atoms with Crippen LogP contribution in [-0.4, -0.2) is 35.3 Å². The van der Waals surface area contributed by atoms with Crippen molar-refractivity contribution in [3.63, 3.8) is 0 Å². The molecular weight excluding hydrogens is 372 g/mol. The van der Waals surface area contributed by atoms with Gasteiger partial charge in [0.1, 0.15) is 5.82 Å². The summed E-state index contributed by atoms with van der Waals surface area (Å²) in [6.07, 6.45) is 2.29. The van der Waals surface area contributed by atoms with E-state index in [1.54, 1.807) is 0 Å². The van der Waals surface area contributed by atoms with Crippen LogP contribution in [0.4, 0.5) is 4.79 Å². The van der Waals surface area contributed by atoms with Crippen LogP contribution in [0.5, 0.6) is 0 Å². The van der Waals surface area contributed by atoms with E-state index >= 15 is 0 Å². The maximum Gasteiger partial charge on any atom is 0.409 e. The van der Waals surface area contributed by atoms with Gasteiger partial charge in [-0.2, -0.15) is 0 Å². The van der Waals surface area contributed by atoms with Gasteiger partial charge in [0.25, 0.3) is 5.91 Å². The lowest BCUT2D eigenvalue weighted by atomic mass is 9.78. The standard InChI is InChI=1S/C21H24N4O4/c1-21-8-11(21)7-12-13(10-28-19(17(12)21)29-20(27)22-2)18(26)23-9-16-24-14-5-3-4-6-15(14)25-16/h3-6,10-12,17,19H,7-9H2,1-2H3,(H,22,27)(H,23,26)(H,24,25)/t11?,12?,17?,19?,21-/m0/s1. The fourth-order valence-corrected chi connectivity index (χ4v) is 5.12. The molecular formula is C21H24N4O4. The van der Waals surface area contributed by atoms with Gasteiger partial charge in [0.05, 0.1) is 29.4 Å². The summed E-state index contributed by atoms with van der Waals surface area (Å²) in [5, 5.41) is 5.42. The number of carbonyl (C=O) groups excluding carboxylic acids is 2. The van der Waals surface area contributed by atoms with Crippen LogP contribution < -0.4 is 10.6 Å². The van der Waals surface area contributed by atoms with Gasteiger partial charge in [-0.15, -0.1) is 0 Å². The summed E-state index contributed by atoms with van der Waals surface area (Å²) < 4.78 is 11.2. The largest absolute Gasteiger partial charge is 0.461 e. The van der Waals surface area contributed by atoms with E-state index in [9.17, 15) is 9.59 Å². The van der Waals surface area contributed by atoms with Gasteiger partial charge < -0.3 is 25.1 Å². The molecule has 1 aromatic heterocycles. The molecule has 2 amide bonds. The summed E-state index contributed by atoms with van der Waals surface area (Å²) in [4.78, 5) is 32.3. The second-order valence-corrected chi connectivity index (χ2v) is 8.39. The second kappa shape index (κ2) is 6.50. The summed E-state index contributed by atoms with van der Waals surface area (Å²) in [6.45, 7) is 2.50. The van der Waals surface area contributed by atoms with Crippen LogP contribution in [0.25, 0.3) is 11.0 Å². The Labute approximate surface area is 168 Å². The SMILES string of the molecule is CNC(=O)OC1OC=C(C(=O)NCc2nc3ccccc3[nH]2)C2CC3C[C@]3(C)C12. The van der Waals surface area contributed by atoms with Crippen LogP contribution in [0.3, 0.4) is 0 Å². The molecule has 8 nitrogen and oxygen atoms in total. The Balaban J connectivity index is 1.31. The lowest BCUT2D eigenvalue weighted by Crippen LogP contribution is -2.43. The summed E-state index contributed by atoms with van der Waals surface area (Å²) in [5.41, 5.74) is 2.49. The van der Waals surface area contributed by atoms with Crippen LogP contribution in [0.2, 0.25) is 0 Å². The summed E-state index contributed by atoms with van der Waals surface area (Å²) in [5.74, 6) is 1.10. The summed E-state index contributed by atoms with van der Waals surface area (Å²) >= 11 is 0. The average Bonchev–Trinajstić information content (AvgIpc) is 3.07. The minimum absolute atomic E-state index is 0.0123. The van der Waals surface area contributed by atoms with Crippen LogP contribution >= 0.6 is 0 Å². The zero-order valence-electron chi connectivity index (χ0n) is 16.4. The monoisotopic (exact) mass is 396 g/mol. The van der Waals surface area contributed by atoms with E-state index in [2.05, 4.69) is 27.5 Å². The average molecular weight is 396 g/mol. The Morgan fingerprint density at radius 2 is 2.21 bits per heavy atom. The van der Waals surface area contributed by atoms with Gasteiger partial charge in [0.2, 0.25) is 6.29 Å². The van der Waals surface area contributed by atoms with Crippen molar-refractivity contribution in [3.8, 4) is 0 Å². The third-order valence-corrected chi connectivity index (χ3v) is 6.76. The van der Waals surface area contributed by atoms with E-state index in [-0.39, 0.29) is 23.2 Å². The fourth-order valence-electron chi connectivity index (χ4n) is 5.12. The molecule has 1 aliphatic heterocycles. The number of imidazole rings is 1. The van der Waals surface area contributed by atoms with Crippen molar-refractivity contribution in [2.45, 2.75) is 32.6 Å². The zero-order chi connectivity index (χ0) is 20.2. The second-order valence-electron chi connectivity index (χ2n) is 8.39. The highest BCUT2D eigenvalue weighted by Gasteiger charge is 2.68. The van der Waals surface area contributed by atoms with Crippen LogP contribution in [0.15, 0.2) is 36.1 Å². The molecule has 2 aromatic rings. The number of nitrogens with one attached hydrogen (secondary N) is 3. The van der Waals surface area contributed by atoms with Crippen molar-refractivity contribution in [3.05, 3.63) is 41.9 Å². The number of fused-ring (bicyclic) bond motifs is 4. The van der Waals surface area contributed by atoms with E-state index in [0.29, 0.717) is 23.9 Å². The van der Waals surface area contributed by atoms with Gasteiger partial charge in [-0.05, 0) is 36.3 Å². The number of H-pyrrole nitrogens is 1. The molecule has 152 valence electrons. The number of rotatable bonds is 4. The molecule has 0 spiro atoms. The number of aromatic amines is 1. The number of hydrogen-bond donors (Lipinski definition) is 3. The van der Waals surface area contributed by atoms with Crippen molar-refractivity contribution in [2.24, 2.45) is 23.2 Å². The Hall–Kier alpha value is -3.03.